The molecular weight excluding hydrogens is 356 g/mol. The Labute approximate surface area is 163 Å². The van der Waals surface area contributed by atoms with Crippen molar-refractivity contribution in [3.63, 3.8) is 0 Å². The molecule has 3 nitrogen and oxygen atoms in total. The Bertz CT molecular complexity index is 1090. The lowest BCUT2D eigenvalue weighted by Gasteiger charge is -2.33. The molecule has 4 heteroatoms. The zero-order chi connectivity index (χ0) is 19.0. The molecule has 132 valence electrons. The van der Waals surface area contributed by atoms with Crippen LogP contribution in [0, 0.1) is 6.92 Å². The summed E-state index contributed by atoms with van der Waals surface area (Å²) in [6.45, 7) is 6.23. The van der Waals surface area contributed by atoms with Crippen LogP contribution in [0.5, 0.6) is 0 Å². The maximum absolute atomic E-state index is 13.1. The number of ketones is 1. The third kappa shape index (κ3) is 3.07. The molecule has 0 aromatic heterocycles. The molecule has 1 aliphatic rings. The third-order valence-corrected chi connectivity index (χ3v) is 4.80. The fourth-order valence-electron chi connectivity index (χ4n) is 3.20. The van der Waals surface area contributed by atoms with Gasteiger partial charge in [0.1, 0.15) is 5.71 Å². The van der Waals surface area contributed by atoms with Crippen molar-refractivity contribution in [1.29, 1.82) is 0 Å². The van der Waals surface area contributed by atoms with Crippen molar-refractivity contribution in [3.05, 3.63) is 101 Å². The second-order valence-electron chi connectivity index (χ2n) is 6.36. The molecule has 0 N–H and O–H groups in total. The summed E-state index contributed by atoms with van der Waals surface area (Å²) >= 11 is 6.24. The maximum Gasteiger partial charge on any atom is 0.213 e. The highest BCUT2D eigenvalue weighted by Gasteiger charge is 2.30. The van der Waals surface area contributed by atoms with Crippen LogP contribution in [-0.4, -0.2) is 11.5 Å². The molecule has 27 heavy (non-hydrogen) atoms. The number of rotatable bonds is 3. The molecule has 0 atom stereocenters. The van der Waals surface area contributed by atoms with Gasteiger partial charge in [0.15, 0.2) is 0 Å². The average molecular weight is 373 g/mol. The topological polar surface area (TPSA) is 32.7 Å². The fourth-order valence-corrected chi connectivity index (χ4v) is 3.37. The Hall–Kier alpha value is -3.17. The number of benzene rings is 3. The number of hydrogen-bond acceptors (Lipinski definition) is 3. The minimum Gasteiger partial charge on any atom is -0.306 e. The highest BCUT2D eigenvalue weighted by atomic mass is 35.5. The minimum atomic E-state index is -0.153. The molecule has 0 bridgehead atoms. The highest BCUT2D eigenvalue weighted by Crippen LogP contribution is 2.43. The van der Waals surface area contributed by atoms with E-state index in [9.17, 15) is 4.79 Å². The summed E-state index contributed by atoms with van der Waals surface area (Å²) in [5.41, 5.74) is 4.96. The molecule has 0 unspecified atom stereocenters. The van der Waals surface area contributed by atoms with Crippen LogP contribution in [0.3, 0.4) is 0 Å². The van der Waals surface area contributed by atoms with Crippen molar-refractivity contribution in [2.75, 3.05) is 4.90 Å². The number of carbonyl (C=O) groups excluding carboxylic acids is 1. The molecule has 3 aromatic carbocycles. The molecule has 0 amide bonds. The van der Waals surface area contributed by atoms with E-state index in [2.05, 4.69) is 11.6 Å². The van der Waals surface area contributed by atoms with Crippen molar-refractivity contribution in [2.45, 2.75) is 6.92 Å². The van der Waals surface area contributed by atoms with Crippen molar-refractivity contribution in [2.24, 2.45) is 4.99 Å². The molecule has 0 aliphatic carbocycles. The van der Waals surface area contributed by atoms with Gasteiger partial charge >= 0.3 is 0 Å². The molecule has 1 aliphatic heterocycles. The first-order valence-electron chi connectivity index (χ1n) is 8.59. The van der Waals surface area contributed by atoms with Crippen LogP contribution < -0.4 is 4.90 Å². The van der Waals surface area contributed by atoms with E-state index in [1.54, 1.807) is 18.2 Å². The van der Waals surface area contributed by atoms with E-state index < -0.39 is 0 Å². The van der Waals surface area contributed by atoms with Crippen LogP contribution in [-0.2, 0) is 0 Å². The molecule has 0 saturated carbocycles. The van der Waals surface area contributed by atoms with E-state index >= 15 is 0 Å². The van der Waals surface area contributed by atoms with Gasteiger partial charge in [-0.15, -0.1) is 0 Å². The first-order chi connectivity index (χ1) is 13.1. The molecule has 1 heterocycles. The lowest BCUT2D eigenvalue weighted by Crippen LogP contribution is -2.30. The van der Waals surface area contributed by atoms with E-state index in [0.29, 0.717) is 27.7 Å². The van der Waals surface area contributed by atoms with Gasteiger partial charge in [-0.3, -0.25) is 4.79 Å². The van der Waals surface area contributed by atoms with Crippen molar-refractivity contribution in [3.8, 4) is 0 Å². The van der Waals surface area contributed by atoms with Gasteiger partial charge in [0.2, 0.25) is 5.78 Å². The van der Waals surface area contributed by atoms with E-state index in [-0.39, 0.29) is 5.78 Å². The summed E-state index contributed by atoms with van der Waals surface area (Å²) in [7, 11) is 0. The average Bonchev–Trinajstić information content (AvgIpc) is 2.69. The van der Waals surface area contributed by atoms with Crippen molar-refractivity contribution in [1.82, 2.24) is 0 Å². The van der Waals surface area contributed by atoms with Gasteiger partial charge < -0.3 is 4.90 Å². The SMILES string of the molecule is C=C1C(C(=O)c2ccccc2)=Nc2ccc(Cl)cc2N1c1ccccc1C. The number of Topliss-reactive ketones (excluding diaryl/α,β-unsaturated/α-hetero) is 1. The number of hydrogen-bond donors (Lipinski definition) is 0. The molecule has 3 aromatic rings. The van der Waals surface area contributed by atoms with E-state index in [1.165, 1.54) is 0 Å². The van der Waals surface area contributed by atoms with Gasteiger partial charge in [-0.1, -0.05) is 66.7 Å². The summed E-state index contributed by atoms with van der Waals surface area (Å²) in [5.74, 6) is -0.153. The Balaban J connectivity index is 1.91. The number of fused-ring (bicyclic) bond motifs is 1. The van der Waals surface area contributed by atoms with Gasteiger partial charge in [0.05, 0.1) is 17.1 Å². The number of para-hydroxylation sites is 1. The second kappa shape index (κ2) is 6.86. The first kappa shape index (κ1) is 17.3. The monoisotopic (exact) mass is 372 g/mol. The summed E-state index contributed by atoms with van der Waals surface area (Å²) < 4.78 is 0. The Morgan fingerprint density at radius 1 is 0.963 bits per heavy atom. The zero-order valence-electron chi connectivity index (χ0n) is 14.8. The van der Waals surface area contributed by atoms with Crippen molar-refractivity contribution >= 4 is 40.2 Å². The van der Waals surface area contributed by atoms with E-state index in [4.69, 9.17) is 11.6 Å². The zero-order valence-corrected chi connectivity index (χ0v) is 15.6. The molecule has 0 saturated heterocycles. The lowest BCUT2D eigenvalue weighted by atomic mass is 10.0. The number of nitrogens with zero attached hydrogens (tertiary/aromatic N) is 2. The van der Waals surface area contributed by atoms with Crippen LogP contribution in [0.2, 0.25) is 5.02 Å². The number of carbonyl (C=O) groups is 1. The Morgan fingerprint density at radius 2 is 1.67 bits per heavy atom. The standard InChI is InChI=1S/C23H17ClN2O/c1-15-8-6-7-11-20(15)26-16(2)22(23(27)17-9-4-3-5-10-17)25-19-13-12-18(24)14-21(19)26/h3-14H,2H2,1H3. The smallest absolute Gasteiger partial charge is 0.213 e. The van der Waals surface area contributed by atoms with Gasteiger partial charge in [0, 0.05) is 16.3 Å². The fraction of sp³-hybridized carbons (Fsp3) is 0.0435. The number of anilines is 2. The van der Waals surface area contributed by atoms with Crippen molar-refractivity contribution < 1.29 is 4.79 Å². The van der Waals surface area contributed by atoms with Gasteiger partial charge in [-0.25, -0.2) is 4.99 Å². The first-order valence-corrected chi connectivity index (χ1v) is 8.97. The van der Waals surface area contributed by atoms with Gasteiger partial charge in [0.25, 0.3) is 0 Å². The largest absolute Gasteiger partial charge is 0.306 e. The Kier molecular flexibility index (Phi) is 4.38. The molecule has 0 fully saturated rings. The van der Waals surface area contributed by atoms with E-state index in [0.717, 1.165) is 16.9 Å². The maximum atomic E-state index is 13.1. The van der Waals surface area contributed by atoms with Crippen LogP contribution in [0.1, 0.15) is 15.9 Å². The molecule has 0 spiro atoms. The highest BCUT2D eigenvalue weighted by molar-refractivity contribution is 6.53. The predicted octanol–water partition coefficient (Wildman–Crippen LogP) is 6.27. The van der Waals surface area contributed by atoms with E-state index in [1.807, 2.05) is 66.4 Å². The quantitative estimate of drug-likeness (QED) is 0.507. The number of allylic oxidation sites excluding steroid dienone is 1. The summed E-state index contributed by atoms with van der Waals surface area (Å²) in [5, 5.41) is 0.605. The van der Waals surface area contributed by atoms with Crippen LogP contribution in [0.4, 0.5) is 17.1 Å². The number of aryl methyl sites for hydroxylation is 1. The predicted molar refractivity (Wildman–Crippen MR) is 112 cm³/mol. The molecular formula is C23H17ClN2O. The lowest BCUT2D eigenvalue weighted by molar-refractivity contribution is 0.106. The van der Waals surface area contributed by atoms with Crippen LogP contribution in [0.15, 0.2) is 90.1 Å². The molecule has 0 radical (unpaired) electrons. The van der Waals surface area contributed by atoms with Crippen LogP contribution >= 0.6 is 11.6 Å². The van der Waals surface area contributed by atoms with Crippen LogP contribution in [0.25, 0.3) is 0 Å². The third-order valence-electron chi connectivity index (χ3n) is 4.56. The minimum absolute atomic E-state index is 0.153. The number of halogens is 1. The molecule has 4 rings (SSSR count). The normalized spacial score (nSPS) is 13.2. The Morgan fingerprint density at radius 3 is 2.41 bits per heavy atom. The summed E-state index contributed by atoms with van der Waals surface area (Å²) in [6, 6.07) is 22.6. The number of aliphatic imine (C=N–C) groups is 1. The second-order valence-corrected chi connectivity index (χ2v) is 6.79. The van der Waals surface area contributed by atoms with Gasteiger partial charge in [-0.2, -0.15) is 0 Å². The van der Waals surface area contributed by atoms with Gasteiger partial charge in [-0.05, 0) is 36.8 Å². The summed E-state index contributed by atoms with van der Waals surface area (Å²) in [4.78, 5) is 19.7. The summed E-state index contributed by atoms with van der Waals surface area (Å²) in [6.07, 6.45) is 0.